The van der Waals surface area contributed by atoms with E-state index in [1.165, 1.54) is 0 Å². The molecular formula is C12H19N5O3. The van der Waals surface area contributed by atoms with Crippen LogP contribution in [0.5, 0.6) is 0 Å². The lowest BCUT2D eigenvalue weighted by atomic mass is 10.1. The van der Waals surface area contributed by atoms with Crippen molar-refractivity contribution in [2.24, 2.45) is 0 Å². The Hall–Kier alpha value is -1.99. The Labute approximate surface area is 116 Å². The highest BCUT2D eigenvalue weighted by Gasteiger charge is 2.19. The van der Waals surface area contributed by atoms with Crippen LogP contribution in [0.1, 0.15) is 37.9 Å². The van der Waals surface area contributed by atoms with Crippen molar-refractivity contribution in [3.63, 3.8) is 0 Å². The maximum Gasteiger partial charge on any atom is 0.325 e. The number of nitrogens with one attached hydrogen (secondary N) is 1. The molecule has 0 unspecified atom stereocenters. The summed E-state index contributed by atoms with van der Waals surface area (Å²) >= 11 is 0. The molecule has 2 heterocycles. The van der Waals surface area contributed by atoms with Crippen LogP contribution in [-0.2, 0) is 20.7 Å². The number of hydrogen-bond acceptors (Lipinski definition) is 6. The van der Waals surface area contributed by atoms with E-state index < -0.39 is 0 Å². The van der Waals surface area contributed by atoms with Gasteiger partial charge in [0.2, 0.25) is 5.91 Å². The molecule has 0 radical (unpaired) electrons. The molecule has 2 rings (SSSR count). The molecule has 8 nitrogen and oxygen atoms in total. The summed E-state index contributed by atoms with van der Waals surface area (Å²) in [5.41, 5.74) is 0. The topological polar surface area (TPSA) is 101 Å². The molecule has 1 amide bonds. The third-order valence-corrected chi connectivity index (χ3v) is 3.22. The fourth-order valence-electron chi connectivity index (χ4n) is 2.13. The summed E-state index contributed by atoms with van der Waals surface area (Å²) in [5, 5.41) is 13.3. The highest BCUT2D eigenvalue weighted by atomic mass is 16.5. The molecule has 0 aromatic carbocycles. The molecule has 1 aromatic rings. The maximum absolute atomic E-state index is 11.8. The first-order valence-electron chi connectivity index (χ1n) is 6.91. The largest absolute Gasteiger partial charge is 0.464 e. The average Bonchev–Trinajstić information content (AvgIpc) is 2.92. The van der Waals surface area contributed by atoms with E-state index in [9.17, 15) is 9.59 Å². The van der Waals surface area contributed by atoms with E-state index in [0.717, 1.165) is 25.7 Å². The second-order valence-corrected chi connectivity index (χ2v) is 4.78. The van der Waals surface area contributed by atoms with Gasteiger partial charge in [-0.1, -0.05) is 18.1 Å². The number of carbonyl (C=O) groups excluding carboxylic acids is 2. The van der Waals surface area contributed by atoms with Crippen molar-refractivity contribution in [1.29, 1.82) is 0 Å². The Morgan fingerprint density at radius 1 is 1.30 bits per heavy atom. The molecule has 0 saturated carbocycles. The van der Waals surface area contributed by atoms with Gasteiger partial charge in [0.25, 0.3) is 0 Å². The number of hydrogen-bond donors (Lipinski definition) is 1. The first kappa shape index (κ1) is 14.4. The standard InChI is InChI=1S/C12H19N5O3/c18-11-5-3-1-2-4-7-17(11)9-12(19)20-8-6-10-13-15-16-14-10/h1-9H2,(H,13,14,15,16). The molecule has 0 spiro atoms. The SMILES string of the molecule is O=C(CN1CCCCCCC1=O)OCCc1nn[nH]n1. The van der Waals surface area contributed by atoms with Gasteiger partial charge >= 0.3 is 5.97 Å². The van der Waals surface area contributed by atoms with Gasteiger partial charge in [-0.3, -0.25) is 9.59 Å². The van der Waals surface area contributed by atoms with Gasteiger partial charge in [-0.25, -0.2) is 0 Å². The molecular weight excluding hydrogens is 262 g/mol. The van der Waals surface area contributed by atoms with Gasteiger partial charge in [0, 0.05) is 19.4 Å². The van der Waals surface area contributed by atoms with Crippen LogP contribution in [0, 0.1) is 0 Å². The number of amides is 1. The van der Waals surface area contributed by atoms with Crippen LogP contribution in [0.25, 0.3) is 0 Å². The van der Waals surface area contributed by atoms with E-state index in [1.807, 2.05) is 0 Å². The Bertz CT molecular complexity index is 434. The number of esters is 1. The number of H-pyrrole nitrogens is 1. The lowest BCUT2D eigenvalue weighted by molar-refractivity contribution is -0.149. The van der Waals surface area contributed by atoms with E-state index >= 15 is 0 Å². The van der Waals surface area contributed by atoms with E-state index in [0.29, 0.717) is 25.2 Å². The van der Waals surface area contributed by atoms with Crippen LogP contribution >= 0.6 is 0 Å². The van der Waals surface area contributed by atoms with Gasteiger partial charge in [0.15, 0.2) is 5.82 Å². The summed E-state index contributed by atoms with van der Waals surface area (Å²) in [4.78, 5) is 25.1. The zero-order chi connectivity index (χ0) is 14.2. The molecule has 110 valence electrons. The molecule has 0 aliphatic carbocycles. The zero-order valence-corrected chi connectivity index (χ0v) is 11.4. The highest BCUT2D eigenvalue weighted by molar-refractivity contribution is 5.82. The normalized spacial score (nSPS) is 16.6. The van der Waals surface area contributed by atoms with Crippen molar-refractivity contribution in [3.05, 3.63) is 5.82 Å². The van der Waals surface area contributed by atoms with E-state index in [1.54, 1.807) is 4.90 Å². The first-order valence-corrected chi connectivity index (χ1v) is 6.91. The van der Waals surface area contributed by atoms with Gasteiger partial charge < -0.3 is 9.64 Å². The summed E-state index contributed by atoms with van der Waals surface area (Å²) in [5.74, 6) is 0.155. The predicted molar refractivity (Wildman–Crippen MR) is 68.5 cm³/mol. The van der Waals surface area contributed by atoms with Crippen LogP contribution in [-0.4, -0.2) is 57.1 Å². The molecule has 1 saturated heterocycles. The van der Waals surface area contributed by atoms with Gasteiger partial charge in [-0.05, 0) is 12.8 Å². The molecule has 1 aliphatic rings. The summed E-state index contributed by atoms with van der Waals surface area (Å²) < 4.78 is 5.08. The number of carbonyl (C=O) groups is 2. The first-order chi connectivity index (χ1) is 9.75. The number of ether oxygens (including phenoxy) is 1. The predicted octanol–water partition coefficient (Wildman–Crippen LogP) is 0.0781. The summed E-state index contributed by atoms with van der Waals surface area (Å²) in [7, 11) is 0. The lowest BCUT2D eigenvalue weighted by Gasteiger charge is -2.23. The third kappa shape index (κ3) is 4.60. The van der Waals surface area contributed by atoms with Crippen molar-refractivity contribution in [2.75, 3.05) is 19.7 Å². The maximum atomic E-state index is 11.8. The number of rotatable bonds is 5. The average molecular weight is 281 g/mol. The molecule has 1 fully saturated rings. The van der Waals surface area contributed by atoms with Crippen LogP contribution < -0.4 is 0 Å². The number of aromatic nitrogens is 4. The van der Waals surface area contributed by atoms with Crippen molar-refractivity contribution >= 4 is 11.9 Å². The monoisotopic (exact) mass is 281 g/mol. The number of likely N-dealkylation sites (tertiary alicyclic amines) is 1. The van der Waals surface area contributed by atoms with Gasteiger partial charge in [0.1, 0.15) is 6.54 Å². The summed E-state index contributed by atoms with van der Waals surface area (Å²) in [6.45, 7) is 0.865. The number of aromatic amines is 1. The highest BCUT2D eigenvalue weighted by Crippen LogP contribution is 2.11. The molecule has 20 heavy (non-hydrogen) atoms. The van der Waals surface area contributed by atoms with Crippen molar-refractivity contribution in [1.82, 2.24) is 25.5 Å². The molecule has 8 heteroatoms. The molecule has 0 atom stereocenters. The van der Waals surface area contributed by atoms with Gasteiger partial charge in [-0.15, -0.1) is 10.2 Å². The summed E-state index contributed by atoms with van der Waals surface area (Å²) in [6, 6.07) is 0. The second kappa shape index (κ2) is 7.56. The van der Waals surface area contributed by atoms with Gasteiger partial charge in [-0.2, -0.15) is 5.21 Å². The minimum Gasteiger partial charge on any atom is -0.464 e. The Morgan fingerprint density at radius 2 is 2.15 bits per heavy atom. The van der Waals surface area contributed by atoms with Gasteiger partial charge in [0.05, 0.1) is 6.61 Å². The molecule has 0 bridgehead atoms. The quantitative estimate of drug-likeness (QED) is 0.767. The van der Waals surface area contributed by atoms with Crippen LogP contribution in [0.2, 0.25) is 0 Å². The Kier molecular flexibility index (Phi) is 5.45. The van der Waals surface area contributed by atoms with Crippen molar-refractivity contribution in [3.8, 4) is 0 Å². The van der Waals surface area contributed by atoms with Crippen LogP contribution in [0.3, 0.4) is 0 Å². The smallest absolute Gasteiger partial charge is 0.325 e. The molecule has 1 N–H and O–H groups in total. The lowest BCUT2D eigenvalue weighted by Crippen LogP contribution is -2.38. The fraction of sp³-hybridized carbons (Fsp3) is 0.750. The fourth-order valence-corrected chi connectivity index (χ4v) is 2.13. The van der Waals surface area contributed by atoms with E-state index in [-0.39, 0.29) is 25.0 Å². The van der Waals surface area contributed by atoms with Crippen molar-refractivity contribution < 1.29 is 14.3 Å². The third-order valence-electron chi connectivity index (χ3n) is 3.22. The Morgan fingerprint density at radius 3 is 2.95 bits per heavy atom. The second-order valence-electron chi connectivity index (χ2n) is 4.78. The van der Waals surface area contributed by atoms with Crippen LogP contribution in [0.4, 0.5) is 0 Å². The molecule has 1 aromatic heterocycles. The summed E-state index contributed by atoms with van der Waals surface area (Å²) in [6.07, 6.45) is 4.99. The van der Waals surface area contributed by atoms with Crippen molar-refractivity contribution in [2.45, 2.75) is 38.5 Å². The van der Waals surface area contributed by atoms with Crippen LogP contribution in [0.15, 0.2) is 0 Å². The number of tetrazole rings is 1. The number of nitrogens with zero attached hydrogens (tertiary/aromatic N) is 4. The zero-order valence-electron chi connectivity index (χ0n) is 11.4. The minimum absolute atomic E-state index is 0.0328. The Balaban J connectivity index is 1.70. The molecule has 1 aliphatic heterocycles. The minimum atomic E-state index is -0.387. The van der Waals surface area contributed by atoms with E-state index in [2.05, 4.69) is 20.6 Å². The van der Waals surface area contributed by atoms with E-state index in [4.69, 9.17) is 4.74 Å².